The number of hydrogen-bond donors (Lipinski definition) is 1. The number of hydrogen-bond acceptors (Lipinski definition) is 3. The number of rotatable bonds is 4. The van der Waals surface area contributed by atoms with Gasteiger partial charge in [0.15, 0.2) is 23.6 Å². The van der Waals surface area contributed by atoms with Crippen LogP contribution < -0.4 is 5.32 Å². The quantitative estimate of drug-likeness (QED) is 0.516. The number of amides is 1. The molecule has 1 atom stereocenters. The SMILES string of the molecule is Cc1ccc(C(=O)OC(C)C(=O)Nc2ccc(F)c(F)c2F)cc1F. The van der Waals surface area contributed by atoms with Gasteiger partial charge in [-0.15, -0.1) is 0 Å². The molecule has 0 bridgehead atoms. The molecule has 0 aromatic heterocycles. The maximum atomic E-state index is 13.5. The lowest BCUT2D eigenvalue weighted by molar-refractivity contribution is -0.123. The molecule has 1 unspecified atom stereocenters. The first-order valence-corrected chi connectivity index (χ1v) is 7.12. The van der Waals surface area contributed by atoms with Crippen LogP contribution in [0.4, 0.5) is 23.2 Å². The highest BCUT2D eigenvalue weighted by Crippen LogP contribution is 2.20. The van der Waals surface area contributed by atoms with Crippen LogP contribution in [0.1, 0.15) is 22.8 Å². The van der Waals surface area contributed by atoms with E-state index >= 15 is 0 Å². The van der Waals surface area contributed by atoms with Gasteiger partial charge in [0.2, 0.25) is 0 Å². The fraction of sp³-hybridized carbons (Fsp3) is 0.176. The predicted octanol–water partition coefficient (Wildman–Crippen LogP) is 3.74. The van der Waals surface area contributed by atoms with Crippen molar-refractivity contribution in [3.63, 3.8) is 0 Å². The third-order valence-electron chi connectivity index (χ3n) is 3.35. The lowest BCUT2D eigenvalue weighted by atomic mass is 10.1. The van der Waals surface area contributed by atoms with E-state index in [9.17, 15) is 27.2 Å². The Morgan fingerprint density at radius 3 is 2.32 bits per heavy atom. The number of halogens is 4. The van der Waals surface area contributed by atoms with E-state index in [1.54, 1.807) is 0 Å². The van der Waals surface area contributed by atoms with E-state index in [4.69, 9.17) is 4.74 Å². The number of anilines is 1. The minimum atomic E-state index is -1.74. The summed E-state index contributed by atoms with van der Waals surface area (Å²) < 4.78 is 57.8. The average Bonchev–Trinajstić information content (AvgIpc) is 2.57. The lowest BCUT2D eigenvalue weighted by Crippen LogP contribution is -2.30. The molecule has 0 saturated carbocycles. The zero-order valence-corrected chi connectivity index (χ0v) is 13.2. The molecular formula is C17H13F4NO3. The fourth-order valence-corrected chi connectivity index (χ4v) is 1.86. The zero-order chi connectivity index (χ0) is 18.7. The van der Waals surface area contributed by atoms with Gasteiger partial charge < -0.3 is 10.1 Å². The van der Waals surface area contributed by atoms with Crippen molar-refractivity contribution in [2.45, 2.75) is 20.0 Å². The predicted molar refractivity (Wildman–Crippen MR) is 81.0 cm³/mol. The third-order valence-corrected chi connectivity index (χ3v) is 3.35. The van der Waals surface area contributed by atoms with E-state index in [0.29, 0.717) is 11.6 Å². The second kappa shape index (κ2) is 7.33. The third kappa shape index (κ3) is 4.14. The molecular weight excluding hydrogens is 342 g/mol. The molecule has 132 valence electrons. The molecule has 0 spiro atoms. The smallest absolute Gasteiger partial charge is 0.339 e. The molecule has 0 fully saturated rings. The van der Waals surface area contributed by atoms with E-state index in [1.165, 1.54) is 26.0 Å². The van der Waals surface area contributed by atoms with Crippen molar-refractivity contribution in [1.29, 1.82) is 0 Å². The normalized spacial score (nSPS) is 11.8. The van der Waals surface area contributed by atoms with E-state index < -0.39 is 46.9 Å². The number of nitrogens with one attached hydrogen (secondary N) is 1. The second-order valence-electron chi connectivity index (χ2n) is 5.22. The molecule has 0 heterocycles. The van der Waals surface area contributed by atoms with Crippen LogP contribution in [-0.2, 0) is 9.53 Å². The van der Waals surface area contributed by atoms with Gasteiger partial charge in [0.25, 0.3) is 5.91 Å². The van der Waals surface area contributed by atoms with Crippen LogP contribution in [0.5, 0.6) is 0 Å². The molecule has 0 saturated heterocycles. The Bertz CT molecular complexity index is 839. The van der Waals surface area contributed by atoms with Gasteiger partial charge in [-0.3, -0.25) is 4.79 Å². The highest BCUT2D eigenvalue weighted by Gasteiger charge is 2.22. The van der Waals surface area contributed by atoms with Crippen molar-refractivity contribution in [3.8, 4) is 0 Å². The van der Waals surface area contributed by atoms with Crippen molar-refractivity contribution < 1.29 is 31.9 Å². The minimum absolute atomic E-state index is 0.109. The summed E-state index contributed by atoms with van der Waals surface area (Å²) in [6, 6.07) is 5.11. The monoisotopic (exact) mass is 355 g/mol. The van der Waals surface area contributed by atoms with Crippen molar-refractivity contribution in [1.82, 2.24) is 0 Å². The number of carbonyl (C=O) groups is 2. The summed E-state index contributed by atoms with van der Waals surface area (Å²) in [6.07, 6.45) is -1.38. The summed E-state index contributed by atoms with van der Waals surface area (Å²) in [5, 5.41) is 1.98. The number of carbonyl (C=O) groups excluding carboxylic acids is 2. The highest BCUT2D eigenvalue weighted by atomic mass is 19.2. The van der Waals surface area contributed by atoms with Crippen LogP contribution in [0.2, 0.25) is 0 Å². The Hall–Kier alpha value is -2.90. The van der Waals surface area contributed by atoms with Gasteiger partial charge in [0.05, 0.1) is 11.3 Å². The van der Waals surface area contributed by atoms with Crippen LogP contribution in [-0.4, -0.2) is 18.0 Å². The van der Waals surface area contributed by atoms with Crippen molar-refractivity contribution >= 4 is 17.6 Å². The molecule has 1 N–H and O–H groups in total. The number of benzene rings is 2. The lowest BCUT2D eigenvalue weighted by Gasteiger charge is -2.14. The van der Waals surface area contributed by atoms with Gasteiger partial charge in [-0.2, -0.15) is 0 Å². The van der Waals surface area contributed by atoms with Gasteiger partial charge >= 0.3 is 5.97 Å². The first-order chi connectivity index (χ1) is 11.7. The summed E-state index contributed by atoms with van der Waals surface area (Å²) in [6.45, 7) is 2.70. The second-order valence-corrected chi connectivity index (χ2v) is 5.22. The molecule has 0 aliphatic rings. The van der Waals surface area contributed by atoms with Gasteiger partial charge in [0, 0.05) is 0 Å². The van der Waals surface area contributed by atoms with Gasteiger partial charge in [-0.05, 0) is 43.7 Å². The van der Waals surface area contributed by atoms with Gasteiger partial charge in [-0.25, -0.2) is 22.4 Å². The zero-order valence-electron chi connectivity index (χ0n) is 13.2. The van der Waals surface area contributed by atoms with Crippen molar-refractivity contribution in [2.24, 2.45) is 0 Å². The summed E-state index contributed by atoms with van der Waals surface area (Å²) in [5.74, 6) is -7.27. The summed E-state index contributed by atoms with van der Waals surface area (Å²) in [7, 11) is 0. The number of ether oxygens (including phenoxy) is 1. The minimum Gasteiger partial charge on any atom is -0.449 e. The molecule has 0 aliphatic heterocycles. The molecule has 0 aliphatic carbocycles. The van der Waals surface area contributed by atoms with Crippen LogP contribution in [0, 0.1) is 30.2 Å². The first-order valence-electron chi connectivity index (χ1n) is 7.12. The highest BCUT2D eigenvalue weighted by molar-refractivity contribution is 5.97. The maximum absolute atomic E-state index is 13.5. The first kappa shape index (κ1) is 18.4. The summed E-state index contributed by atoms with van der Waals surface area (Å²) in [4.78, 5) is 23.8. The fourth-order valence-electron chi connectivity index (χ4n) is 1.86. The molecule has 1 amide bonds. The Morgan fingerprint density at radius 1 is 1.00 bits per heavy atom. The van der Waals surface area contributed by atoms with Crippen LogP contribution in [0.25, 0.3) is 0 Å². The topological polar surface area (TPSA) is 55.4 Å². The molecule has 25 heavy (non-hydrogen) atoms. The Morgan fingerprint density at radius 2 is 1.68 bits per heavy atom. The Labute approximate surface area is 140 Å². The van der Waals surface area contributed by atoms with E-state index in [0.717, 1.165) is 12.1 Å². The van der Waals surface area contributed by atoms with Gasteiger partial charge in [-0.1, -0.05) is 6.07 Å². The van der Waals surface area contributed by atoms with Crippen molar-refractivity contribution in [2.75, 3.05) is 5.32 Å². The molecule has 2 aromatic carbocycles. The largest absolute Gasteiger partial charge is 0.449 e. The standard InChI is InChI=1S/C17H13F4NO3/c1-8-3-4-10(7-12(8)19)17(24)25-9(2)16(23)22-13-6-5-11(18)14(20)15(13)21/h3-7,9H,1-2H3,(H,22,23). The van der Waals surface area contributed by atoms with Crippen LogP contribution in [0.15, 0.2) is 30.3 Å². The molecule has 4 nitrogen and oxygen atoms in total. The summed E-state index contributed by atoms with van der Waals surface area (Å²) in [5.41, 5.74) is -0.383. The van der Waals surface area contributed by atoms with E-state index in [-0.39, 0.29) is 5.56 Å². The number of esters is 1. The van der Waals surface area contributed by atoms with E-state index in [1.807, 2.05) is 5.32 Å². The average molecular weight is 355 g/mol. The molecule has 2 rings (SSSR count). The van der Waals surface area contributed by atoms with Crippen molar-refractivity contribution in [3.05, 3.63) is 64.7 Å². The molecule has 8 heteroatoms. The van der Waals surface area contributed by atoms with Crippen LogP contribution >= 0.6 is 0 Å². The maximum Gasteiger partial charge on any atom is 0.339 e. The Balaban J connectivity index is 2.06. The van der Waals surface area contributed by atoms with Gasteiger partial charge in [0.1, 0.15) is 5.82 Å². The molecule has 2 aromatic rings. The molecule has 0 radical (unpaired) electrons. The summed E-state index contributed by atoms with van der Waals surface area (Å²) >= 11 is 0. The van der Waals surface area contributed by atoms with E-state index in [2.05, 4.69) is 0 Å². The van der Waals surface area contributed by atoms with Crippen LogP contribution in [0.3, 0.4) is 0 Å². The number of aryl methyl sites for hydroxylation is 1. The Kier molecular flexibility index (Phi) is 5.41.